The van der Waals surface area contributed by atoms with Crippen LogP contribution in [0, 0.1) is 0 Å². The van der Waals surface area contributed by atoms with Crippen molar-refractivity contribution in [3.8, 4) is 0 Å². The van der Waals surface area contributed by atoms with E-state index in [9.17, 15) is 0 Å². The standard InChI is InChI=1S/C10H9Br/c11-10-6-5-8-3-1-2-4-9(8)7-10/h1-4,7H,5-6H2. The van der Waals surface area contributed by atoms with E-state index in [1.807, 2.05) is 0 Å². The molecule has 0 amide bonds. The normalized spacial score (nSPS) is 15.5. The van der Waals surface area contributed by atoms with E-state index < -0.39 is 0 Å². The third-order valence-electron chi connectivity index (χ3n) is 2.00. The molecular formula is C10H9Br. The van der Waals surface area contributed by atoms with Crippen LogP contribution in [-0.4, -0.2) is 0 Å². The minimum absolute atomic E-state index is 1.15. The van der Waals surface area contributed by atoms with Crippen molar-refractivity contribution in [2.45, 2.75) is 12.8 Å². The number of halogens is 1. The topological polar surface area (TPSA) is 0 Å². The van der Waals surface area contributed by atoms with Crippen LogP contribution < -0.4 is 0 Å². The van der Waals surface area contributed by atoms with Gasteiger partial charge in [-0.1, -0.05) is 40.2 Å². The van der Waals surface area contributed by atoms with Gasteiger partial charge in [0.15, 0.2) is 0 Å². The highest BCUT2D eigenvalue weighted by atomic mass is 79.9. The fraction of sp³-hybridized carbons (Fsp3) is 0.200. The van der Waals surface area contributed by atoms with Gasteiger partial charge in [0.2, 0.25) is 0 Å². The zero-order valence-corrected chi connectivity index (χ0v) is 7.76. The first-order valence-corrected chi connectivity index (χ1v) is 4.59. The number of aryl methyl sites for hydroxylation is 1. The molecular weight excluding hydrogens is 200 g/mol. The molecule has 0 radical (unpaired) electrons. The van der Waals surface area contributed by atoms with E-state index in [1.165, 1.54) is 22.0 Å². The van der Waals surface area contributed by atoms with Crippen LogP contribution in [0.25, 0.3) is 6.08 Å². The van der Waals surface area contributed by atoms with Gasteiger partial charge in [-0.05, 0) is 34.5 Å². The molecule has 56 valence electrons. The zero-order chi connectivity index (χ0) is 7.68. The molecule has 0 heterocycles. The van der Waals surface area contributed by atoms with Crippen LogP contribution in [-0.2, 0) is 6.42 Å². The van der Waals surface area contributed by atoms with Gasteiger partial charge in [-0.25, -0.2) is 0 Å². The number of allylic oxidation sites excluding steroid dienone is 1. The Kier molecular flexibility index (Phi) is 1.82. The van der Waals surface area contributed by atoms with E-state index in [4.69, 9.17) is 0 Å². The second-order valence-corrected chi connectivity index (χ2v) is 3.81. The van der Waals surface area contributed by atoms with Crippen molar-refractivity contribution in [3.05, 3.63) is 39.9 Å². The summed E-state index contributed by atoms with van der Waals surface area (Å²) >= 11 is 3.52. The summed E-state index contributed by atoms with van der Waals surface area (Å²) in [6, 6.07) is 8.55. The van der Waals surface area contributed by atoms with Crippen LogP contribution in [0.1, 0.15) is 17.5 Å². The highest BCUT2D eigenvalue weighted by molar-refractivity contribution is 9.11. The van der Waals surface area contributed by atoms with E-state index in [0.717, 1.165) is 6.42 Å². The second kappa shape index (κ2) is 2.82. The molecule has 0 bridgehead atoms. The molecule has 0 fully saturated rings. The zero-order valence-electron chi connectivity index (χ0n) is 6.18. The minimum atomic E-state index is 1.15. The number of hydrogen-bond acceptors (Lipinski definition) is 0. The Hall–Kier alpha value is -0.560. The van der Waals surface area contributed by atoms with Crippen molar-refractivity contribution in [2.75, 3.05) is 0 Å². The average molecular weight is 209 g/mol. The van der Waals surface area contributed by atoms with Crippen LogP contribution in [0.15, 0.2) is 28.7 Å². The average Bonchev–Trinajstić information content (AvgIpc) is 2.04. The van der Waals surface area contributed by atoms with Crippen LogP contribution in [0.4, 0.5) is 0 Å². The van der Waals surface area contributed by atoms with Gasteiger partial charge >= 0.3 is 0 Å². The highest BCUT2D eigenvalue weighted by Gasteiger charge is 2.06. The van der Waals surface area contributed by atoms with Crippen LogP contribution in [0.5, 0.6) is 0 Å². The van der Waals surface area contributed by atoms with Crippen molar-refractivity contribution in [1.29, 1.82) is 0 Å². The minimum Gasteiger partial charge on any atom is -0.0620 e. The van der Waals surface area contributed by atoms with Crippen molar-refractivity contribution < 1.29 is 0 Å². The fourth-order valence-corrected chi connectivity index (χ4v) is 1.84. The van der Waals surface area contributed by atoms with Crippen molar-refractivity contribution in [1.82, 2.24) is 0 Å². The molecule has 0 saturated heterocycles. The largest absolute Gasteiger partial charge is 0.0620 e. The van der Waals surface area contributed by atoms with Gasteiger partial charge in [-0.2, -0.15) is 0 Å². The van der Waals surface area contributed by atoms with Crippen molar-refractivity contribution in [3.63, 3.8) is 0 Å². The molecule has 0 spiro atoms. The SMILES string of the molecule is BrC1=Cc2ccccc2CC1. The lowest BCUT2D eigenvalue weighted by Gasteiger charge is -2.11. The van der Waals surface area contributed by atoms with Crippen molar-refractivity contribution >= 4 is 22.0 Å². The molecule has 0 saturated carbocycles. The van der Waals surface area contributed by atoms with Crippen LogP contribution in [0.3, 0.4) is 0 Å². The highest BCUT2D eigenvalue weighted by Crippen LogP contribution is 2.26. The summed E-state index contributed by atoms with van der Waals surface area (Å²) in [5, 5.41) is 0. The van der Waals surface area contributed by atoms with E-state index in [1.54, 1.807) is 0 Å². The second-order valence-electron chi connectivity index (χ2n) is 2.79. The molecule has 1 heteroatoms. The first-order valence-electron chi connectivity index (χ1n) is 3.80. The predicted octanol–water partition coefficient (Wildman–Crippen LogP) is 3.37. The number of fused-ring (bicyclic) bond motifs is 1. The van der Waals surface area contributed by atoms with E-state index >= 15 is 0 Å². The first kappa shape index (κ1) is 7.11. The summed E-state index contributed by atoms with van der Waals surface area (Å²) in [5.41, 5.74) is 2.83. The maximum absolute atomic E-state index is 3.52. The summed E-state index contributed by atoms with van der Waals surface area (Å²) in [6.07, 6.45) is 4.53. The molecule has 0 aliphatic heterocycles. The summed E-state index contributed by atoms with van der Waals surface area (Å²) in [7, 11) is 0. The lowest BCUT2D eigenvalue weighted by molar-refractivity contribution is 0.977. The summed E-state index contributed by atoms with van der Waals surface area (Å²) < 4.78 is 1.32. The van der Waals surface area contributed by atoms with Gasteiger partial charge < -0.3 is 0 Å². The van der Waals surface area contributed by atoms with E-state index in [-0.39, 0.29) is 0 Å². The van der Waals surface area contributed by atoms with Gasteiger partial charge in [0, 0.05) is 0 Å². The quantitative estimate of drug-likeness (QED) is 0.614. The molecule has 0 unspecified atom stereocenters. The summed E-state index contributed by atoms with van der Waals surface area (Å²) in [5.74, 6) is 0. The van der Waals surface area contributed by atoms with Crippen molar-refractivity contribution in [2.24, 2.45) is 0 Å². The lowest BCUT2D eigenvalue weighted by Crippen LogP contribution is -1.94. The van der Waals surface area contributed by atoms with Gasteiger partial charge in [0.05, 0.1) is 0 Å². The fourth-order valence-electron chi connectivity index (χ4n) is 1.40. The maximum atomic E-state index is 3.52. The van der Waals surface area contributed by atoms with Gasteiger partial charge in [0.1, 0.15) is 0 Å². The molecule has 11 heavy (non-hydrogen) atoms. The van der Waals surface area contributed by atoms with Crippen LogP contribution >= 0.6 is 15.9 Å². The molecule has 2 rings (SSSR count). The molecule has 0 aromatic heterocycles. The van der Waals surface area contributed by atoms with Gasteiger partial charge in [0.25, 0.3) is 0 Å². The Labute approximate surface area is 75.1 Å². The Morgan fingerprint density at radius 1 is 1.09 bits per heavy atom. The van der Waals surface area contributed by atoms with E-state index in [0.29, 0.717) is 0 Å². The summed E-state index contributed by atoms with van der Waals surface area (Å²) in [4.78, 5) is 0. The Balaban J connectivity index is 2.51. The van der Waals surface area contributed by atoms with E-state index in [2.05, 4.69) is 46.3 Å². The maximum Gasteiger partial charge on any atom is -0.00400 e. The molecule has 0 nitrogen and oxygen atoms in total. The third-order valence-corrected chi connectivity index (χ3v) is 2.63. The lowest BCUT2D eigenvalue weighted by atomic mass is 9.98. The molecule has 1 aromatic carbocycles. The molecule has 0 atom stereocenters. The molecule has 1 aromatic rings. The molecule has 0 N–H and O–H groups in total. The third kappa shape index (κ3) is 1.38. The molecule has 1 aliphatic carbocycles. The van der Waals surface area contributed by atoms with Gasteiger partial charge in [-0.3, -0.25) is 0 Å². The number of rotatable bonds is 0. The van der Waals surface area contributed by atoms with Gasteiger partial charge in [-0.15, -0.1) is 0 Å². The monoisotopic (exact) mass is 208 g/mol. The van der Waals surface area contributed by atoms with Crippen LogP contribution in [0.2, 0.25) is 0 Å². The Bertz CT molecular complexity index is 299. The summed E-state index contributed by atoms with van der Waals surface area (Å²) in [6.45, 7) is 0. The Morgan fingerprint density at radius 2 is 1.91 bits per heavy atom. The number of hydrogen-bond donors (Lipinski definition) is 0. The Morgan fingerprint density at radius 3 is 2.82 bits per heavy atom. The molecule has 1 aliphatic rings. The predicted molar refractivity (Wildman–Crippen MR) is 51.7 cm³/mol. The number of benzene rings is 1. The smallest absolute Gasteiger partial charge is 0.00400 e. The first-order chi connectivity index (χ1) is 5.36.